The first-order valence-corrected chi connectivity index (χ1v) is 53.1. The highest BCUT2D eigenvalue weighted by atomic mass is 16.5. The van der Waals surface area contributed by atoms with Gasteiger partial charge in [0.1, 0.15) is 47.9 Å². The van der Waals surface area contributed by atoms with Crippen molar-refractivity contribution in [3.63, 3.8) is 0 Å². The molecule has 0 saturated heterocycles. The van der Waals surface area contributed by atoms with E-state index in [9.17, 15) is 62.3 Å². The third-order valence-corrected chi connectivity index (χ3v) is 19.2. The highest BCUT2D eigenvalue weighted by Crippen LogP contribution is 2.30. The lowest BCUT2D eigenvalue weighted by molar-refractivity contribution is -0.135. The number of ether oxygens (including phenoxy) is 1. The maximum absolute atomic E-state index is 11.7. The van der Waals surface area contributed by atoms with Gasteiger partial charge in [0.25, 0.3) is 0 Å². The fraction of sp³-hybridized carbons (Fsp3) is 0.874. The minimum Gasteiger partial charge on any atom is -0.364 e. The van der Waals surface area contributed by atoms with Crippen LogP contribution in [-0.2, 0) is 67.1 Å². The number of Topliss-reactive ketones (excluding diaryl/α,β-unsaturated/α-hetero) is 7. The third-order valence-electron chi connectivity index (χ3n) is 19.2. The lowest BCUT2D eigenvalue weighted by Crippen LogP contribution is -2.42. The Bertz CT molecular complexity index is 3380. The Kier molecular flexibility index (Phi) is 76.1. The van der Waals surface area contributed by atoms with Gasteiger partial charge in [-0.2, -0.15) is 0 Å². The van der Waals surface area contributed by atoms with Crippen molar-refractivity contribution >= 4 is 75.9 Å². The van der Waals surface area contributed by atoms with Crippen molar-refractivity contribution in [3.8, 4) is 0 Å². The van der Waals surface area contributed by atoms with Gasteiger partial charge in [0.2, 0.25) is 35.4 Å². The predicted molar refractivity (Wildman–Crippen MR) is 594 cm³/mol. The van der Waals surface area contributed by atoms with Crippen LogP contribution in [0.25, 0.3) is 0 Å². The molecule has 0 aromatic heterocycles. The molecule has 0 fully saturated rings. The number of amides is 6. The lowest BCUT2D eigenvalue weighted by Gasteiger charge is -2.22. The van der Waals surface area contributed by atoms with Crippen molar-refractivity contribution in [2.45, 2.75) is 599 Å². The van der Waals surface area contributed by atoms with Crippen molar-refractivity contribution < 1.29 is 67.1 Å². The summed E-state index contributed by atoms with van der Waals surface area (Å²) < 4.78 is 5.07. The molecule has 20 heteroatoms. The van der Waals surface area contributed by atoms with E-state index < -0.39 is 5.41 Å². The zero-order valence-electron chi connectivity index (χ0n) is 102. The predicted octanol–water partition coefficient (Wildman–Crippen LogP) is 30.2. The molecule has 0 aromatic rings. The smallest absolute Gasteiger partial charge is 0.246 e. The average Bonchev–Trinajstić information content (AvgIpc) is 0.880. The van der Waals surface area contributed by atoms with Crippen molar-refractivity contribution in [1.82, 2.24) is 31.9 Å². The van der Waals surface area contributed by atoms with Crippen LogP contribution in [0, 0.1) is 65.5 Å². The number of hydrogen-bond acceptors (Lipinski definition) is 14. The molecule has 0 saturated carbocycles. The molecule has 0 bridgehead atoms. The summed E-state index contributed by atoms with van der Waals surface area (Å²) in [6.45, 7) is 108. The Morgan fingerprint density at radius 2 is 0.468 bits per heavy atom. The third kappa shape index (κ3) is 139. The average molecular weight is 1970 g/mol. The molecule has 0 aromatic carbocycles. The summed E-state index contributed by atoms with van der Waals surface area (Å²) in [5.41, 5.74) is -0.576. The molecule has 0 atom stereocenters. The van der Waals surface area contributed by atoms with Crippen molar-refractivity contribution in [1.29, 1.82) is 0 Å². The zero-order valence-corrected chi connectivity index (χ0v) is 102. The molecule has 0 heterocycles. The topological polar surface area (TPSA) is 303 Å². The van der Waals surface area contributed by atoms with Crippen molar-refractivity contribution in [2.24, 2.45) is 65.5 Å². The number of ketones is 7. The standard InChI is InChI=1S/C19H36O2.C17H32O2.C13H25NO2.C13H27NO.C12H23NO3.C12H25NO.C11H23NO.C11H21NO.C11H22O/c1-16(2)15-17(20)13-11-9-7-6-8-10-12-14-18(21)19(3,4)5;1-16(2,3)13-14(18)11-9-7-8-10-12-15(19)17(4,5)6;1-12(2,3)10(15)8-7-9-11(16)14-13(4,5)6;1-12(2,3)10-8-7-9-11(15)14-13(4,5)6;1-11(2,3)9(14)7-16-8-10(15)13-12(4,5)6;1-11(2,3)9-7-8-10(14)13-12(4,5)6;2*1-10(2,3)8-7-9(13)12-11(4,5)6;1-10(2,3)7-9(12)8-11(4,5)6/h16H,6-15H2,1-5H3;7-13H2,1-6H3;7-9H2,1-6H3,(H,14,16);7-10H2,1-6H3,(H,14,15);7-8H2,1-6H3,(H,13,15);7-9H2,1-6H3,(H,13,14);7-8H2,1-6H3,(H,12,13);7-8H,1-6H3,(H,12,13);7-8H2,1-6H3/b;;;;;;;8-7+;. The minimum absolute atomic E-state index is 0.00365. The van der Waals surface area contributed by atoms with Gasteiger partial charge < -0.3 is 36.6 Å². The van der Waals surface area contributed by atoms with Gasteiger partial charge in [-0.15, -0.1) is 0 Å². The number of unbranched alkanes of at least 4 members (excludes halogenated alkanes) is 10. The van der Waals surface area contributed by atoms with Gasteiger partial charge in [-0.3, -0.25) is 62.3 Å². The summed E-state index contributed by atoms with van der Waals surface area (Å²) in [6, 6.07) is 0. The van der Waals surface area contributed by atoms with E-state index in [-0.39, 0.29) is 137 Å². The van der Waals surface area contributed by atoms with E-state index in [1.807, 2.05) is 214 Å². The molecule has 0 radical (unpaired) electrons. The van der Waals surface area contributed by atoms with E-state index in [1.54, 1.807) is 6.08 Å². The molecule has 6 N–H and O–H groups in total. The molecule has 20 nitrogen and oxygen atoms in total. The van der Waals surface area contributed by atoms with E-state index in [4.69, 9.17) is 4.74 Å². The molecule has 824 valence electrons. The van der Waals surface area contributed by atoms with E-state index in [0.29, 0.717) is 116 Å². The first-order chi connectivity index (χ1) is 61.3. The SMILES string of the molecule is CC(C)(C)/C=C/C(=O)NC(C)(C)C.CC(C)(C)CC(=O)CC(C)(C)C.CC(C)(C)CC(=O)CCCCCCC(=O)C(C)(C)C.CC(C)(C)CCC(=O)NC(C)(C)C.CC(C)(C)CCCC(=O)NC(C)(C)C.CC(C)(C)CCCCC(=O)NC(C)(C)C.CC(C)(C)NC(=O)CCCC(=O)C(C)(C)C.CC(C)(C)NC(=O)COCC(=O)C(C)(C)C.CC(C)CC(=O)CCCCCCCCCC(=O)C(C)(C)C. The second kappa shape index (κ2) is 70.1. The molecule has 0 aliphatic carbocycles. The Hall–Kier alpha value is -5.79. The van der Waals surface area contributed by atoms with Crippen LogP contribution < -0.4 is 31.9 Å². The van der Waals surface area contributed by atoms with Gasteiger partial charge in [-0.1, -0.05) is 300 Å². The molecule has 0 unspecified atom stereocenters. The van der Waals surface area contributed by atoms with Gasteiger partial charge >= 0.3 is 0 Å². The monoisotopic (exact) mass is 1970 g/mol. The molecule has 0 aliphatic rings. The first kappa shape index (κ1) is 151. The molecular weight excluding hydrogens is 1740 g/mol. The van der Waals surface area contributed by atoms with Crippen LogP contribution in [0.2, 0.25) is 0 Å². The van der Waals surface area contributed by atoms with Crippen molar-refractivity contribution in [3.05, 3.63) is 12.2 Å². The Balaban J connectivity index is -0.000000196. The largest absolute Gasteiger partial charge is 0.364 e. The van der Waals surface area contributed by atoms with Gasteiger partial charge in [-0.25, -0.2) is 0 Å². The highest BCUT2D eigenvalue weighted by Gasteiger charge is 2.28. The molecular formula is C119H234N6O14. The highest BCUT2D eigenvalue weighted by molar-refractivity contribution is 5.89. The molecule has 0 aliphatic heterocycles. The second-order valence-corrected chi connectivity index (χ2v) is 58.0. The maximum Gasteiger partial charge on any atom is 0.246 e. The number of nitrogens with one attached hydrogen (secondary N) is 6. The molecule has 0 rings (SSSR count). The van der Waals surface area contributed by atoms with Gasteiger partial charge in [0.05, 0.1) is 0 Å². The zero-order chi connectivity index (χ0) is 112. The number of allylic oxidation sites excluding steroid dienone is 1. The molecule has 6 amide bonds. The van der Waals surface area contributed by atoms with Crippen LogP contribution in [0.3, 0.4) is 0 Å². The number of carbonyl (C=O) groups excluding carboxylic acids is 13. The number of carbonyl (C=O) groups is 13. The molecule has 0 spiro atoms. The fourth-order valence-corrected chi connectivity index (χ4v) is 12.2. The molecule has 139 heavy (non-hydrogen) atoms. The van der Waals surface area contributed by atoms with Crippen LogP contribution in [0.5, 0.6) is 0 Å². The lowest BCUT2D eigenvalue weighted by atomic mass is 9.83. The van der Waals surface area contributed by atoms with Crippen LogP contribution in [0.1, 0.15) is 566 Å². The summed E-state index contributed by atoms with van der Waals surface area (Å²) in [7, 11) is 0. The van der Waals surface area contributed by atoms with Gasteiger partial charge in [0.15, 0.2) is 5.78 Å². The minimum atomic E-state index is -0.416. The maximum atomic E-state index is 11.7. The normalized spacial score (nSPS) is 12.6. The van der Waals surface area contributed by atoms with Crippen LogP contribution >= 0.6 is 0 Å². The second-order valence-electron chi connectivity index (χ2n) is 58.0. The summed E-state index contributed by atoms with van der Waals surface area (Å²) in [5.74, 6) is 2.91. The first-order valence-electron chi connectivity index (χ1n) is 53.1. The summed E-state index contributed by atoms with van der Waals surface area (Å²) in [4.78, 5) is 150. The Morgan fingerprint density at radius 1 is 0.223 bits per heavy atom. The van der Waals surface area contributed by atoms with Gasteiger partial charge in [0, 0.05) is 138 Å². The van der Waals surface area contributed by atoms with Crippen LogP contribution in [0.15, 0.2) is 12.2 Å². The van der Waals surface area contributed by atoms with E-state index >= 15 is 0 Å². The van der Waals surface area contributed by atoms with Crippen LogP contribution in [-0.4, -0.2) is 122 Å². The van der Waals surface area contributed by atoms with E-state index in [0.717, 1.165) is 96.3 Å². The van der Waals surface area contributed by atoms with Gasteiger partial charge in [-0.05, 0) is 239 Å². The quantitative estimate of drug-likeness (QED) is 0.0246. The fourth-order valence-electron chi connectivity index (χ4n) is 12.2. The van der Waals surface area contributed by atoms with E-state index in [2.05, 4.69) is 191 Å². The Labute approximate surface area is 860 Å². The number of hydrogen-bond donors (Lipinski definition) is 6. The summed E-state index contributed by atoms with van der Waals surface area (Å²) in [5, 5.41) is 17.4. The van der Waals surface area contributed by atoms with E-state index in [1.165, 1.54) is 32.1 Å². The summed E-state index contributed by atoms with van der Waals surface area (Å²) >= 11 is 0. The summed E-state index contributed by atoms with van der Waals surface area (Å²) in [6.07, 6.45) is 31.2. The Morgan fingerprint density at radius 3 is 0.748 bits per heavy atom. The van der Waals surface area contributed by atoms with Crippen molar-refractivity contribution in [2.75, 3.05) is 13.2 Å². The number of rotatable bonds is 40. The van der Waals surface area contributed by atoms with Crippen LogP contribution in [0.4, 0.5) is 0 Å².